The van der Waals surface area contributed by atoms with Gasteiger partial charge in [0.2, 0.25) is 0 Å². The Kier molecular flexibility index (Phi) is 7.27. The van der Waals surface area contributed by atoms with Crippen molar-refractivity contribution in [1.82, 2.24) is 10.6 Å². The number of carbonyl (C=O) groups is 2. The third-order valence-electron chi connectivity index (χ3n) is 4.07. The molecule has 0 saturated carbocycles. The van der Waals surface area contributed by atoms with Gasteiger partial charge in [0.1, 0.15) is 29.6 Å². The molecule has 0 radical (unpaired) electrons. The van der Waals surface area contributed by atoms with Crippen molar-refractivity contribution in [3.8, 4) is 11.5 Å². The van der Waals surface area contributed by atoms with E-state index in [9.17, 15) is 9.59 Å². The van der Waals surface area contributed by atoms with E-state index >= 15 is 0 Å². The number of carbonyl (C=O) groups excluding carboxylic acids is 2. The number of para-hydroxylation sites is 1. The van der Waals surface area contributed by atoms with Gasteiger partial charge in [-0.25, -0.2) is 0 Å². The van der Waals surface area contributed by atoms with Gasteiger partial charge in [-0.1, -0.05) is 18.2 Å². The van der Waals surface area contributed by atoms with Gasteiger partial charge in [-0.3, -0.25) is 9.59 Å². The predicted octanol–water partition coefficient (Wildman–Crippen LogP) is 3.25. The van der Waals surface area contributed by atoms with Crippen LogP contribution in [0.25, 0.3) is 6.08 Å². The normalized spacial score (nSPS) is 10.9. The Hall–Kier alpha value is -4.00. The average Bonchev–Trinajstić information content (AvgIpc) is 3.30. The summed E-state index contributed by atoms with van der Waals surface area (Å²) in [4.78, 5) is 25.2. The number of ether oxygens (including phenoxy) is 2. The molecular formula is C23H22N2O5. The highest BCUT2D eigenvalue weighted by Gasteiger charge is 2.15. The first kappa shape index (κ1) is 20.7. The van der Waals surface area contributed by atoms with Crippen LogP contribution in [0.4, 0.5) is 0 Å². The SMILES string of the molecule is COc1ccc(C(=O)N/C(=C\c2ccco2)C(=O)NCCOc2ccccc2)cc1. The summed E-state index contributed by atoms with van der Waals surface area (Å²) in [5.41, 5.74) is 0.451. The molecule has 0 saturated heterocycles. The van der Waals surface area contributed by atoms with E-state index in [1.165, 1.54) is 12.3 Å². The van der Waals surface area contributed by atoms with E-state index in [-0.39, 0.29) is 18.8 Å². The lowest BCUT2D eigenvalue weighted by Gasteiger charge is -2.12. The average molecular weight is 406 g/mol. The summed E-state index contributed by atoms with van der Waals surface area (Å²) in [7, 11) is 1.55. The maximum Gasteiger partial charge on any atom is 0.268 e. The van der Waals surface area contributed by atoms with E-state index in [1.54, 1.807) is 43.5 Å². The van der Waals surface area contributed by atoms with Crippen LogP contribution in [0.5, 0.6) is 11.5 Å². The second-order valence-electron chi connectivity index (χ2n) is 6.17. The predicted molar refractivity (Wildman–Crippen MR) is 112 cm³/mol. The molecule has 0 bridgehead atoms. The molecule has 3 aromatic rings. The standard InChI is InChI=1S/C23H22N2O5/c1-28-18-11-9-17(10-12-18)22(26)25-21(16-20-8-5-14-29-20)23(27)24-13-15-30-19-6-3-2-4-7-19/h2-12,14,16H,13,15H2,1H3,(H,24,27)(H,25,26)/b21-16-. The first-order valence-electron chi connectivity index (χ1n) is 9.32. The van der Waals surface area contributed by atoms with Gasteiger partial charge in [0.05, 0.1) is 19.9 Å². The summed E-state index contributed by atoms with van der Waals surface area (Å²) >= 11 is 0. The number of amides is 2. The van der Waals surface area contributed by atoms with E-state index in [2.05, 4.69) is 10.6 Å². The molecule has 0 aliphatic heterocycles. The molecule has 0 aliphatic rings. The number of hydrogen-bond donors (Lipinski definition) is 2. The third-order valence-corrected chi connectivity index (χ3v) is 4.07. The maximum absolute atomic E-state index is 12.6. The fourth-order valence-electron chi connectivity index (χ4n) is 2.56. The summed E-state index contributed by atoms with van der Waals surface area (Å²) < 4.78 is 15.9. The van der Waals surface area contributed by atoms with Gasteiger partial charge < -0.3 is 24.5 Å². The van der Waals surface area contributed by atoms with Crippen LogP contribution >= 0.6 is 0 Å². The van der Waals surface area contributed by atoms with Crippen LogP contribution in [0.1, 0.15) is 16.1 Å². The van der Waals surface area contributed by atoms with Crippen molar-refractivity contribution in [2.45, 2.75) is 0 Å². The van der Waals surface area contributed by atoms with E-state index < -0.39 is 11.8 Å². The molecule has 0 atom stereocenters. The van der Waals surface area contributed by atoms with Crippen LogP contribution in [0.3, 0.4) is 0 Å². The molecule has 1 heterocycles. The molecule has 2 aromatic carbocycles. The van der Waals surface area contributed by atoms with Crippen molar-refractivity contribution in [1.29, 1.82) is 0 Å². The molecule has 3 rings (SSSR count). The number of rotatable bonds is 9. The van der Waals surface area contributed by atoms with Crippen molar-refractivity contribution >= 4 is 17.9 Å². The van der Waals surface area contributed by atoms with Crippen LogP contribution in [0, 0.1) is 0 Å². The summed E-state index contributed by atoms with van der Waals surface area (Å²) in [5, 5.41) is 5.37. The van der Waals surface area contributed by atoms with Crippen molar-refractivity contribution in [3.05, 3.63) is 90.0 Å². The Morgan fingerprint density at radius 2 is 1.73 bits per heavy atom. The summed E-state index contributed by atoms with van der Waals surface area (Å²) in [6, 6.07) is 19.3. The van der Waals surface area contributed by atoms with Gasteiger partial charge in [-0.2, -0.15) is 0 Å². The van der Waals surface area contributed by atoms with E-state index in [4.69, 9.17) is 13.9 Å². The Bertz CT molecular complexity index is 980. The van der Waals surface area contributed by atoms with E-state index in [1.807, 2.05) is 30.3 Å². The Balaban J connectivity index is 1.62. The van der Waals surface area contributed by atoms with Gasteiger partial charge in [0, 0.05) is 11.6 Å². The molecule has 1 aromatic heterocycles. The molecule has 0 unspecified atom stereocenters. The molecule has 7 nitrogen and oxygen atoms in total. The molecule has 0 aliphatic carbocycles. The van der Waals surface area contributed by atoms with E-state index in [0.717, 1.165) is 0 Å². The van der Waals surface area contributed by atoms with Crippen molar-refractivity contribution in [2.75, 3.05) is 20.3 Å². The summed E-state index contributed by atoms with van der Waals surface area (Å²) in [6.07, 6.45) is 2.95. The highest BCUT2D eigenvalue weighted by Crippen LogP contribution is 2.12. The smallest absolute Gasteiger partial charge is 0.268 e. The zero-order chi connectivity index (χ0) is 21.2. The number of methoxy groups -OCH3 is 1. The van der Waals surface area contributed by atoms with Gasteiger partial charge in [0.25, 0.3) is 11.8 Å². The second-order valence-corrected chi connectivity index (χ2v) is 6.17. The molecule has 154 valence electrons. The highest BCUT2D eigenvalue weighted by atomic mass is 16.5. The zero-order valence-electron chi connectivity index (χ0n) is 16.5. The number of benzene rings is 2. The minimum absolute atomic E-state index is 0.0606. The minimum Gasteiger partial charge on any atom is -0.497 e. The van der Waals surface area contributed by atoms with Gasteiger partial charge >= 0.3 is 0 Å². The van der Waals surface area contributed by atoms with Crippen LogP contribution < -0.4 is 20.1 Å². The summed E-state index contributed by atoms with van der Waals surface area (Å²) in [6.45, 7) is 0.553. The molecular weight excluding hydrogens is 384 g/mol. The van der Waals surface area contributed by atoms with Crippen LogP contribution in [0.2, 0.25) is 0 Å². The van der Waals surface area contributed by atoms with Crippen LogP contribution in [0.15, 0.2) is 83.1 Å². The Morgan fingerprint density at radius 3 is 2.40 bits per heavy atom. The minimum atomic E-state index is -0.454. The van der Waals surface area contributed by atoms with Crippen molar-refractivity contribution in [2.24, 2.45) is 0 Å². The molecule has 30 heavy (non-hydrogen) atoms. The quantitative estimate of drug-likeness (QED) is 0.421. The topological polar surface area (TPSA) is 89.8 Å². The largest absolute Gasteiger partial charge is 0.497 e. The maximum atomic E-state index is 12.6. The highest BCUT2D eigenvalue weighted by molar-refractivity contribution is 6.05. The fraction of sp³-hybridized carbons (Fsp3) is 0.130. The van der Waals surface area contributed by atoms with Crippen molar-refractivity contribution < 1.29 is 23.5 Å². The fourth-order valence-corrected chi connectivity index (χ4v) is 2.56. The number of nitrogens with one attached hydrogen (secondary N) is 2. The molecule has 0 fully saturated rings. The number of furan rings is 1. The first-order valence-corrected chi connectivity index (χ1v) is 9.32. The first-order chi connectivity index (χ1) is 14.7. The Labute approximate surface area is 174 Å². The zero-order valence-corrected chi connectivity index (χ0v) is 16.5. The lowest BCUT2D eigenvalue weighted by Crippen LogP contribution is -2.36. The molecule has 2 N–H and O–H groups in total. The Morgan fingerprint density at radius 1 is 0.967 bits per heavy atom. The molecule has 7 heteroatoms. The van der Waals surface area contributed by atoms with Crippen molar-refractivity contribution in [3.63, 3.8) is 0 Å². The second kappa shape index (κ2) is 10.5. The molecule has 2 amide bonds. The lowest BCUT2D eigenvalue weighted by molar-refractivity contribution is -0.117. The number of hydrogen-bond acceptors (Lipinski definition) is 5. The van der Waals surface area contributed by atoms with Gasteiger partial charge in [0.15, 0.2) is 0 Å². The van der Waals surface area contributed by atoms with Crippen LogP contribution in [-0.2, 0) is 4.79 Å². The lowest BCUT2D eigenvalue weighted by atomic mass is 10.2. The van der Waals surface area contributed by atoms with Gasteiger partial charge in [-0.05, 0) is 48.5 Å². The summed E-state index contributed by atoms with van der Waals surface area (Å²) in [5.74, 6) is 0.909. The van der Waals surface area contributed by atoms with Crippen LogP contribution in [-0.4, -0.2) is 32.1 Å². The third kappa shape index (κ3) is 6.00. The van der Waals surface area contributed by atoms with E-state index in [0.29, 0.717) is 22.8 Å². The molecule has 0 spiro atoms. The van der Waals surface area contributed by atoms with Gasteiger partial charge in [-0.15, -0.1) is 0 Å². The monoisotopic (exact) mass is 406 g/mol.